The monoisotopic (exact) mass is 685 g/mol. The molecule has 1 aliphatic rings. The molecule has 0 fully saturated rings. The van der Waals surface area contributed by atoms with Crippen LogP contribution in [0, 0.1) is 5.92 Å². The van der Waals surface area contributed by atoms with E-state index in [1.807, 2.05) is 18.2 Å². The van der Waals surface area contributed by atoms with Gasteiger partial charge in [-0.2, -0.15) is 0 Å². The first-order valence-corrected chi connectivity index (χ1v) is 18.6. The smallest absolute Gasteiger partial charge is 0.144 e. The van der Waals surface area contributed by atoms with E-state index in [9.17, 15) is 0 Å². The fourth-order valence-corrected chi connectivity index (χ4v) is 8.65. The number of para-hydroxylation sites is 3. The van der Waals surface area contributed by atoms with Crippen LogP contribution < -0.4 is 5.32 Å². The topological polar surface area (TPSA) is 38.3 Å². The van der Waals surface area contributed by atoms with Crippen molar-refractivity contribution in [2.24, 2.45) is 5.92 Å². The summed E-state index contributed by atoms with van der Waals surface area (Å²) in [5.41, 5.74) is 14.9. The minimum absolute atomic E-state index is 0.0220. The van der Waals surface area contributed by atoms with Crippen molar-refractivity contribution in [1.29, 1.82) is 0 Å². The fraction of sp³-hybridized carbons (Fsp3) is 0.120. The second kappa shape index (κ2) is 12.4. The second-order valence-electron chi connectivity index (χ2n) is 14.6. The molecule has 2 unspecified atom stereocenters. The number of fused-ring (bicyclic) bond motifs is 7. The number of hydrogen-bond acceptors (Lipinski definition) is 3. The lowest BCUT2D eigenvalue weighted by molar-refractivity contribution is 0.483. The molecule has 9 aromatic rings. The Morgan fingerprint density at radius 3 is 2.06 bits per heavy atom. The first-order valence-electron chi connectivity index (χ1n) is 18.6. The zero-order chi connectivity index (χ0) is 35.6. The lowest BCUT2D eigenvalue weighted by Crippen LogP contribution is -2.29. The maximum Gasteiger partial charge on any atom is 0.144 e. The highest BCUT2D eigenvalue weighted by Crippen LogP contribution is 2.43. The Labute approximate surface area is 308 Å². The van der Waals surface area contributed by atoms with Gasteiger partial charge in [0.25, 0.3) is 0 Å². The van der Waals surface area contributed by atoms with Crippen LogP contribution in [0.15, 0.2) is 172 Å². The molecule has 0 radical (unpaired) electrons. The summed E-state index contributed by atoms with van der Waals surface area (Å²) in [4.78, 5) is 0. The Balaban J connectivity index is 1.11. The standard InChI is InChI=1S/C50H39NO2/c1-30-27-43(33-13-5-4-6-14-33)31(2)32(3)49(51-48(30)42-19-11-18-40-39-15-7-9-20-44(39)53-50(40)42)37-26-24-34-28-36(25-23-35(34)29-37)38-17-12-22-46-47(38)41-16-8-10-21-45(41)52-46/h4-26,28-29,32,49,51H,27H2,1-3H3/b43-31+,48-30-. The van der Waals surface area contributed by atoms with E-state index in [0.29, 0.717) is 0 Å². The quantitative estimate of drug-likeness (QED) is 0.200. The Morgan fingerprint density at radius 2 is 1.21 bits per heavy atom. The van der Waals surface area contributed by atoms with Crippen LogP contribution in [0.5, 0.6) is 0 Å². The van der Waals surface area contributed by atoms with Gasteiger partial charge in [-0.1, -0.05) is 128 Å². The van der Waals surface area contributed by atoms with Crippen LogP contribution in [0.1, 0.15) is 49.9 Å². The molecule has 1 aliphatic heterocycles. The van der Waals surface area contributed by atoms with E-state index < -0.39 is 0 Å². The highest BCUT2D eigenvalue weighted by molar-refractivity contribution is 6.13. The van der Waals surface area contributed by atoms with Crippen molar-refractivity contribution in [3.8, 4) is 11.1 Å². The van der Waals surface area contributed by atoms with Crippen molar-refractivity contribution >= 4 is 65.9 Å². The third-order valence-electron chi connectivity index (χ3n) is 11.6. The van der Waals surface area contributed by atoms with E-state index in [0.717, 1.165) is 61.6 Å². The van der Waals surface area contributed by atoms with Gasteiger partial charge >= 0.3 is 0 Å². The molecule has 0 bridgehead atoms. The lowest BCUT2D eigenvalue weighted by Gasteiger charge is -2.34. The second-order valence-corrected chi connectivity index (χ2v) is 14.6. The van der Waals surface area contributed by atoms with E-state index in [1.165, 1.54) is 49.7 Å². The summed E-state index contributed by atoms with van der Waals surface area (Å²) in [6.07, 6.45) is 0.852. The first-order chi connectivity index (χ1) is 26.0. The molecule has 0 saturated heterocycles. The Hall–Kier alpha value is -6.32. The third kappa shape index (κ3) is 5.18. The van der Waals surface area contributed by atoms with Gasteiger partial charge in [0.15, 0.2) is 0 Å². The van der Waals surface area contributed by atoms with Crippen LogP contribution in [0.3, 0.4) is 0 Å². The van der Waals surface area contributed by atoms with E-state index >= 15 is 0 Å². The van der Waals surface area contributed by atoms with Crippen LogP contribution in [0.25, 0.3) is 77.0 Å². The zero-order valence-corrected chi connectivity index (χ0v) is 30.1. The van der Waals surface area contributed by atoms with Crippen LogP contribution in [-0.2, 0) is 0 Å². The maximum atomic E-state index is 6.62. The van der Waals surface area contributed by atoms with Crippen molar-refractivity contribution in [2.45, 2.75) is 33.2 Å². The molecular weight excluding hydrogens is 647 g/mol. The third-order valence-corrected chi connectivity index (χ3v) is 11.6. The van der Waals surface area contributed by atoms with E-state index in [2.05, 4.69) is 160 Å². The molecule has 2 atom stereocenters. The van der Waals surface area contributed by atoms with Crippen LogP contribution in [-0.4, -0.2) is 0 Å². The van der Waals surface area contributed by atoms with Crippen molar-refractivity contribution in [3.63, 3.8) is 0 Å². The molecule has 1 N–H and O–H groups in total. The van der Waals surface area contributed by atoms with Crippen LogP contribution in [0.2, 0.25) is 0 Å². The van der Waals surface area contributed by atoms with Gasteiger partial charge < -0.3 is 14.2 Å². The summed E-state index contributed by atoms with van der Waals surface area (Å²) in [6, 6.07) is 54.4. The fourth-order valence-electron chi connectivity index (χ4n) is 8.65. The number of rotatable bonds is 4. The molecule has 3 nitrogen and oxygen atoms in total. The summed E-state index contributed by atoms with van der Waals surface area (Å²) in [5.74, 6) is 0.215. The molecule has 0 amide bonds. The number of nitrogens with one attached hydrogen (secondary N) is 1. The van der Waals surface area contributed by atoms with E-state index in [-0.39, 0.29) is 12.0 Å². The molecule has 53 heavy (non-hydrogen) atoms. The van der Waals surface area contributed by atoms with Gasteiger partial charge in [-0.3, -0.25) is 0 Å². The lowest BCUT2D eigenvalue weighted by atomic mass is 9.80. The summed E-state index contributed by atoms with van der Waals surface area (Å²) in [7, 11) is 0. The van der Waals surface area contributed by atoms with E-state index in [1.54, 1.807) is 0 Å². The summed E-state index contributed by atoms with van der Waals surface area (Å²) >= 11 is 0. The SMILES string of the molecule is C/C1=C(\c2cccc3c2oc2ccccc23)NC(c2ccc3cc(-c4cccc5oc6ccccc6c45)ccc3c2)C(C)/C(C)=C(/c2ccccc2)C1. The van der Waals surface area contributed by atoms with Gasteiger partial charge in [0.1, 0.15) is 22.3 Å². The van der Waals surface area contributed by atoms with Gasteiger partial charge in [0.05, 0.1) is 6.04 Å². The molecular formula is C50H39NO2. The predicted octanol–water partition coefficient (Wildman–Crippen LogP) is 13.9. The number of hydrogen-bond donors (Lipinski definition) is 1. The summed E-state index contributed by atoms with van der Waals surface area (Å²) in [5, 5.41) is 11.2. The molecule has 0 aliphatic carbocycles. The minimum Gasteiger partial charge on any atom is -0.456 e. The molecule has 0 saturated carbocycles. The van der Waals surface area contributed by atoms with Crippen LogP contribution >= 0.6 is 0 Å². The molecule has 7 aromatic carbocycles. The Morgan fingerprint density at radius 1 is 0.547 bits per heavy atom. The van der Waals surface area contributed by atoms with Crippen molar-refractivity contribution < 1.29 is 8.83 Å². The minimum atomic E-state index is 0.0220. The number of allylic oxidation sites excluding steroid dienone is 2. The van der Waals surface area contributed by atoms with Crippen molar-refractivity contribution in [1.82, 2.24) is 5.32 Å². The highest BCUT2D eigenvalue weighted by Gasteiger charge is 2.29. The van der Waals surface area contributed by atoms with Gasteiger partial charge in [-0.05, 0) is 101 Å². The molecule has 256 valence electrons. The number of furan rings is 2. The first kappa shape index (κ1) is 31.4. The molecule has 3 heteroatoms. The molecule has 2 aromatic heterocycles. The van der Waals surface area contributed by atoms with Crippen molar-refractivity contribution in [3.05, 3.63) is 179 Å². The Bertz CT molecular complexity index is 2940. The summed E-state index contributed by atoms with van der Waals surface area (Å²) < 4.78 is 12.8. The molecule has 3 heterocycles. The Kier molecular flexibility index (Phi) is 7.36. The predicted molar refractivity (Wildman–Crippen MR) is 222 cm³/mol. The zero-order valence-electron chi connectivity index (χ0n) is 30.1. The highest BCUT2D eigenvalue weighted by atomic mass is 16.3. The van der Waals surface area contributed by atoms with E-state index in [4.69, 9.17) is 8.83 Å². The van der Waals surface area contributed by atoms with Gasteiger partial charge in [0.2, 0.25) is 0 Å². The van der Waals surface area contributed by atoms with Gasteiger partial charge in [-0.15, -0.1) is 0 Å². The average molecular weight is 686 g/mol. The summed E-state index contributed by atoms with van der Waals surface area (Å²) in [6.45, 7) is 6.98. The average Bonchev–Trinajstić information content (AvgIpc) is 3.78. The maximum absolute atomic E-state index is 6.62. The van der Waals surface area contributed by atoms with Gasteiger partial charge in [-0.25, -0.2) is 0 Å². The largest absolute Gasteiger partial charge is 0.456 e. The van der Waals surface area contributed by atoms with Crippen LogP contribution in [0.4, 0.5) is 0 Å². The van der Waals surface area contributed by atoms with Gasteiger partial charge in [0, 0.05) is 38.7 Å². The normalized spacial score (nSPS) is 19.6. The molecule has 10 rings (SSSR count). The molecule has 0 spiro atoms. The van der Waals surface area contributed by atoms with Crippen molar-refractivity contribution in [2.75, 3.05) is 0 Å². The number of benzene rings is 7.